The number of carbonyl (C=O) groups is 1. The quantitative estimate of drug-likeness (QED) is 0.663. The van der Waals surface area contributed by atoms with Gasteiger partial charge in [0.1, 0.15) is 11.5 Å². The zero-order valence-corrected chi connectivity index (χ0v) is 15.4. The van der Waals surface area contributed by atoms with Crippen LogP contribution in [0.25, 0.3) is 0 Å². The minimum atomic E-state index is -4.97. The first-order chi connectivity index (χ1) is 11.7. The van der Waals surface area contributed by atoms with Gasteiger partial charge in [-0.2, -0.15) is 13.2 Å². The first kappa shape index (κ1) is 20.8. The molecule has 2 rings (SSSR count). The molecule has 0 atom stereocenters. The van der Waals surface area contributed by atoms with E-state index in [9.17, 15) is 18.0 Å². The lowest BCUT2D eigenvalue weighted by molar-refractivity contribution is -0.168. The number of amides is 1. The van der Waals surface area contributed by atoms with Crippen LogP contribution in [0.1, 0.15) is 5.56 Å². The molecule has 2 aromatic rings. The molecule has 0 aliphatic rings. The van der Waals surface area contributed by atoms with E-state index in [0.29, 0.717) is 3.93 Å². The van der Waals surface area contributed by atoms with Crippen molar-refractivity contribution in [3.8, 4) is 11.5 Å². The van der Waals surface area contributed by atoms with E-state index in [1.54, 1.807) is 0 Å². The van der Waals surface area contributed by atoms with Gasteiger partial charge in [0.25, 0.3) is 0 Å². The van der Waals surface area contributed by atoms with Gasteiger partial charge in [-0.1, -0.05) is 35.9 Å². The number of alkyl halides is 3. The Balaban J connectivity index is 0.000000370. The van der Waals surface area contributed by atoms with Crippen LogP contribution in [0, 0.1) is 6.92 Å². The average Bonchev–Trinajstić information content (AvgIpc) is 2.60. The lowest BCUT2D eigenvalue weighted by Gasteiger charge is -2.17. The Morgan fingerprint density at radius 2 is 1.48 bits per heavy atom. The maximum absolute atomic E-state index is 12.3. The lowest BCUT2D eigenvalue weighted by Crippen LogP contribution is -2.34. The van der Waals surface area contributed by atoms with Crippen LogP contribution in [0.2, 0.25) is 0 Å². The molecular weight excluding hydrogens is 403 g/mol. The first-order valence-corrected chi connectivity index (χ1v) is 7.71. The number of aryl methyl sites for hydroxylation is 1. The second-order valence-electron chi connectivity index (χ2n) is 4.81. The van der Waals surface area contributed by atoms with Crippen molar-refractivity contribution in [1.82, 2.24) is 0 Å². The third-order valence-corrected chi connectivity index (χ3v) is 3.66. The Labute approximate surface area is 152 Å². The third-order valence-electron chi connectivity index (χ3n) is 2.92. The Bertz CT molecular complexity index is 671. The van der Waals surface area contributed by atoms with Gasteiger partial charge in [-0.15, -0.1) is 0 Å². The first-order valence-electron chi connectivity index (χ1n) is 7.00. The maximum Gasteiger partial charge on any atom is 0.472 e. The van der Waals surface area contributed by atoms with Gasteiger partial charge >= 0.3 is 12.1 Å². The lowest BCUT2D eigenvalue weighted by atomic mass is 10.2. The molecule has 0 unspecified atom stereocenters. The van der Waals surface area contributed by atoms with Gasteiger partial charge in [-0.3, -0.25) is 4.79 Å². The van der Waals surface area contributed by atoms with Crippen molar-refractivity contribution in [3.05, 3.63) is 54.1 Å². The van der Waals surface area contributed by atoms with Gasteiger partial charge in [-0.25, -0.2) is 3.93 Å². The molecule has 25 heavy (non-hydrogen) atoms. The summed E-state index contributed by atoms with van der Waals surface area (Å²) in [5.74, 6) is -1.51. The number of halogens is 4. The zero-order valence-electron chi connectivity index (χ0n) is 13.8. The van der Waals surface area contributed by atoms with Crippen LogP contribution in [0.15, 0.2) is 48.5 Å². The van der Waals surface area contributed by atoms with Gasteiger partial charge in [0, 0.05) is 18.2 Å². The Morgan fingerprint density at radius 1 is 1.00 bits per heavy atom. The normalized spacial score (nSPS) is 10.4. The average molecular weight is 420 g/mol. The number of anilines is 1. The Kier molecular flexibility index (Phi) is 7.76. The minimum Gasteiger partial charge on any atom is -0.497 e. The summed E-state index contributed by atoms with van der Waals surface area (Å²) in [7, 11) is 2.70. The zero-order chi connectivity index (χ0) is 19.0. The molecule has 136 valence electrons. The molecule has 2 aromatic carbocycles. The fourth-order valence-electron chi connectivity index (χ4n) is 1.67. The number of rotatable bonds is 3. The summed E-state index contributed by atoms with van der Waals surface area (Å²) in [4.78, 5) is 11.0. The van der Waals surface area contributed by atoms with Crippen molar-refractivity contribution in [2.45, 2.75) is 13.1 Å². The number of ether oxygens (including phenoxy) is 2. The van der Waals surface area contributed by atoms with Gasteiger partial charge < -0.3 is 9.47 Å². The summed E-state index contributed by atoms with van der Waals surface area (Å²) >= 11 is 2.57. The van der Waals surface area contributed by atoms with Crippen LogP contribution in [0.3, 0.4) is 0 Å². The van der Waals surface area contributed by atoms with Crippen molar-refractivity contribution in [2.75, 3.05) is 18.1 Å². The molecule has 0 saturated heterocycles. The van der Waals surface area contributed by atoms with Crippen LogP contribution in [-0.2, 0) is 4.79 Å². The molecule has 0 aromatic heterocycles. The summed E-state index contributed by atoms with van der Waals surface area (Å²) in [5, 5.41) is 0. The molecule has 0 fully saturated rings. The highest BCUT2D eigenvalue weighted by Gasteiger charge is 2.42. The Morgan fingerprint density at radius 3 is 1.80 bits per heavy atom. The van der Waals surface area contributed by atoms with Crippen LogP contribution in [0.4, 0.5) is 18.9 Å². The SMILES string of the molecule is COc1cc(OC)cc(N(Br)C(=O)C(F)(F)F)c1.Cc1ccccc1. The second-order valence-corrected chi connectivity index (χ2v) is 5.52. The summed E-state index contributed by atoms with van der Waals surface area (Å²) in [5.41, 5.74) is 1.27. The molecule has 1 amide bonds. The molecule has 0 spiro atoms. The second kappa shape index (κ2) is 9.31. The fourth-order valence-corrected chi connectivity index (χ4v) is 2.07. The monoisotopic (exact) mass is 419 g/mol. The van der Waals surface area contributed by atoms with Crippen molar-refractivity contribution < 1.29 is 27.4 Å². The van der Waals surface area contributed by atoms with Crippen LogP contribution >= 0.6 is 16.1 Å². The largest absolute Gasteiger partial charge is 0.497 e. The van der Waals surface area contributed by atoms with E-state index in [1.165, 1.54) is 38.0 Å². The number of nitrogens with zero attached hydrogens (tertiary/aromatic N) is 1. The summed E-state index contributed by atoms with van der Waals surface area (Å²) < 4.78 is 46.9. The molecule has 0 saturated carbocycles. The summed E-state index contributed by atoms with van der Waals surface area (Å²) in [6, 6.07) is 14.3. The standard InChI is InChI=1S/C10H9BrF3NO3.C7H8/c1-17-7-3-6(4-8(5-7)18-2)15(11)9(16)10(12,13)14;1-7-5-3-2-4-6-7/h3-5H,1-2H3;2-6H,1H3. The van der Waals surface area contributed by atoms with E-state index in [-0.39, 0.29) is 17.2 Å². The van der Waals surface area contributed by atoms with Crippen LogP contribution in [0.5, 0.6) is 11.5 Å². The molecule has 0 N–H and O–H groups in total. The third kappa shape index (κ3) is 6.66. The maximum atomic E-state index is 12.3. The predicted molar refractivity (Wildman–Crippen MR) is 93.2 cm³/mol. The van der Waals surface area contributed by atoms with Crippen molar-refractivity contribution >= 4 is 27.7 Å². The number of hydrogen-bond acceptors (Lipinski definition) is 3. The highest BCUT2D eigenvalue weighted by molar-refractivity contribution is 9.10. The Hall–Kier alpha value is -2.22. The molecule has 0 aliphatic carbocycles. The van der Waals surface area contributed by atoms with E-state index >= 15 is 0 Å². The summed E-state index contributed by atoms with van der Waals surface area (Å²) in [6.45, 7) is 2.08. The van der Waals surface area contributed by atoms with Crippen molar-refractivity contribution in [1.29, 1.82) is 0 Å². The highest BCUT2D eigenvalue weighted by atomic mass is 79.9. The van der Waals surface area contributed by atoms with Gasteiger partial charge in [0.05, 0.1) is 36.1 Å². The molecule has 0 bridgehead atoms. The van der Waals surface area contributed by atoms with Crippen LogP contribution < -0.4 is 13.4 Å². The highest BCUT2D eigenvalue weighted by Crippen LogP contribution is 2.32. The number of carbonyl (C=O) groups excluding carboxylic acids is 1. The van der Waals surface area contributed by atoms with Crippen LogP contribution in [-0.4, -0.2) is 26.3 Å². The van der Waals surface area contributed by atoms with E-state index in [4.69, 9.17) is 9.47 Å². The molecule has 4 nitrogen and oxygen atoms in total. The topological polar surface area (TPSA) is 38.8 Å². The van der Waals surface area contributed by atoms with E-state index < -0.39 is 12.1 Å². The minimum absolute atomic E-state index is 0.0477. The molecule has 0 aliphatic heterocycles. The number of benzene rings is 2. The summed E-state index contributed by atoms with van der Waals surface area (Å²) in [6.07, 6.45) is -4.97. The van der Waals surface area contributed by atoms with Gasteiger partial charge in [-0.05, 0) is 6.92 Å². The van der Waals surface area contributed by atoms with E-state index in [0.717, 1.165) is 0 Å². The molecule has 0 heterocycles. The van der Waals surface area contributed by atoms with Crippen molar-refractivity contribution in [2.24, 2.45) is 0 Å². The molecule has 8 heteroatoms. The van der Waals surface area contributed by atoms with E-state index in [1.807, 2.05) is 18.2 Å². The predicted octanol–water partition coefficient (Wildman–Crippen LogP) is 4.90. The van der Waals surface area contributed by atoms with Gasteiger partial charge in [0.15, 0.2) is 0 Å². The number of methoxy groups -OCH3 is 2. The fraction of sp³-hybridized carbons (Fsp3) is 0.235. The number of hydrogen-bond donors (Lipinski definition) is 0. The molecule has 0 radical (unpaired) electrons. The van der Waals surface area contributed by atoms with Gasteiger partial charge in [0.2, 0.25) is 0 Å². The van der Waals surface area contributed by atoms with Crippen molar-refractivity contribution in [3.63, 3.8) is 0 Å². The van der Waals surface area contributed by atoms with E-state index in [2.05, 4.69) is 35.2 Å². The smallest absolute Gasteiger partial charge is 0.472 e. The molecular formula is C17H17BrF3NO3.